The number of carbonyl (C=O) groups excluding carboxylic acids is 1. The van der Waals surface area contributed by atoms with Crippen molar-refractivity contribution in [2.75, 3.05) is 25.2 Å². The molecule has 0 saturated carbocycles. The number of methoxy groups -OCH3 is 1. The molecule has 104 valence electrons. The monoisotopic (exact) mass is 265 g/mol. The maximum absolute atomic E-state index is 11.8. The highest BCUT2D eigenvalue weighted by atomic mass is 16.5. The first kappa shape index (κ1) is 13.6. The summed E-state index contributed by atoms with van der Waals surface area (Å²) in [5.41, 5.74) is 0. The zero-order chi connectivity index (χ0) is 13.8. The average molecular weight is 265 g/mol. The molecule has 0 radical (unpaired) electrons. The van der Waals surface area contributed by atoms with Gasteiger partial charge in [-0.15, -0.1) is 0 Å². The summed E-state index contributed by atoms with van der Waals surface area (Å²) < 4.78 is 10.3. The van der Waals surface area contributed by atoms with Crippen molar-refractivity contribution in [2.45, 2.75) is 32.7 Å². The van der Waals surface area contributed by atoms with Crippen molar-refractivity contribution in [2.24, 2.45) is 0 Å². The number of anilines is 1. The number of hydrogen-bond donors (Lipinski definition) is 0. The minimum absolute atomic E-state index is 0.216. The Hall–Kier alpha value is -1.85. The fraction of sp³-hybridized carbons (Fsp3) is 0.615. The van der Waals surface area contributed by atoms with E-state index in [4.69, 9.17) is 9.47 Å². The van der Waals surface area contributed by atoms with Crippen molar-refractivity contribution in [3.8, 4) is 5.88 Å². The van der Waals surface area contributed by atoms with E-state index in [9.17, 15) is 4.79 Å². The highest BCUT2D eigenvalue weighted by Gasteiger charge is 2.32. The van der Waals surface area contributed by atoms with Crippen LogP contribution in [0.5, 0.6) is 5.88 Å². The summed E-state index contributed by atoms with van der Waals surface area (Å²) >= 11 is 0. The van der Waals surface area contributed by atoms with Gasteiger partial charge in [0.25, 0.3) is 0 Å². The van der Waals surface area contributed by atoms with Gasteiger partial charge in [-0.05, 0) is 26.7 Å². The number of esters is 1. The van der Waals surface area contributed by atoms with Crippen LogP contribution < -0.4 is 9.64 Å². The van der Waals surface area contributed by atoms with Crippen LogP contribution in [0.15, 0.2) is 6.07 Å². The molecule has 1 aliphatic rings. The van der Waals surface area contributed by atoms with E-state index in [-0.39, 0.29) is 12.0 Å². The lowest BCUT2D eigenvalue weighted by Crippen LogP contribution is -2.37. The summed E-state index contributed by atoms with van der Waals surface area (Å²) in [7, 11) is 1.41. The number of aromatic nitrogens is 2. The van der Waals surface area contributed by atoms with Gasteiger partial charge in [-0.1, -0.05) is 0 Å². The van der Waals surface area contributed by atoms with Crippen molar-refractivity contribution in [1.29, 1.82) is 0 Å². The molecular weight excluding hydrogens is 246 g/mol. The molecule has 0 aromatic carbocycles. The highest BCUT2D eigenvalue weighted by molar-refractivity contribution is 5.80. The fourth-order valence-corrected chi connectivity index (χ4v) is 2.32. The minimum Gasteiger partial charge on any atom is -0.478 e. The van der Waals surface area contributed by atoms with Crippen LogP contribution in [-0.2, 0) is 9.53 Å². The van der Waals surface area contributed by atoms with Gasteiger partial charge in [0.05, 0.1) is 13.7 Å². The van der Waals surface area contributed by atoms with Gasteiger partial charge in [0.1, 0.15) is 17.7 Å². The normalized spacial score (nSPS) is 18.5. The zero-order valence-corrected chi connectivity index (χ0v) is 11.5. The molecule has 0 aliphatic carbocycles. The average Bonchev–Trinajstić information content (AvgIpc) is 2.86. The van der Waals surface area contributed by atoms with E-state index in [1.165, 1.54) is 7.11 Å². The van der Waals surface area contributed by atoms with E-state index in [0.29, 0.717) is 18.3 Å². The van der Waals surface area contributed by atoms with Crippen LogP contribution in [0.3, 0.4) is 0 Å². The van der Waals surface area contributed by atoms with Crippen LogP contribution >= 0.6 is 0 Å². The summed E-state index contributed by atoms with van der Waals surface area (Å²) in [5, 5.41) is 0. The van der Waals surface area contributed by atoms with Crippen LogP contribution in [-0.4, -0.2) is 42.2 Å². The van der Waals surface area contributed by atoms with E-state index < -0.39 is 0 Å². The molecule has 1 unspecified atom stereocenters. The summed E-state index contributed by atoms with van der Waals surface area (Å²) in [6, 6.07) is 1.52. The molecule has 0 spiro atoms. The predicted molar refractivity (Wildman–Crippen MR) is 70.3 cm³/mol. The van der Waals surface area contributed by atoms with Gasteiger partial charge in [0, 0.05) is 12.6 Å². The van der Waals surface area contributed by atoms with Crippen molar-refractivity contribution in [1.82, 2.24) is 9.97 Å². The molecular formula is C13H19N3O3. The molecule has 2 rings (SSSR count). The van der Waals surface area contributed by atoms with Gasteiger partial charge in [-0.3, -0.25) is 0 Å². The standard InChI is InChI=1S/C13H19N3O3/c1-4-19-12-8-11(14-9(2)15-12)16-7-5-6-10(16)13(17)18-3/h8,10H,4-7H2,1-3H3. The molecule has 0 N–H and O–H groups in total. The number of rotatable bonds is 4. The molecule has 0 amide bonds. The van der Waals surface area contributed by atoms with Gasteiger partial charge < -0.3 is 14.4 Å². The SMILES string of the molecule is CCOc1cc(N2CCCC2C(=O)OC)nc(C)n1. The summed E-state index contributed by atoms with van der Waals surface area (Å²) in [6.45, 7) is 5.07. The van der Waals surface area contributed by atoms with Crippen LogP contribution in [0.2, 0.25) is 0 Å². The predicted octanol–water partition coefficient (Wildman–Crippen LogP) is 1.33. The molecule has 6 nitrogen and oxygen atoms in total. The number of nitrogens with zero attached hydrogens (tertiary/aromatic N) is 3. The Balaban J connectivity index is 2.27. The molecule has 1 aliphatic heterocycles. The van der Waals surface area contributed by atoms with Crippen molar-refractivity contribution in [3.05, 3.63) is 11.9 Å². The second-order valence-corrected chi connectivity index (χ2v) is 4.42. The quantitative estimate of drug-likeness (QED) is 0.765. The van der Waals surface area contributed by atoms with Crippen molar-refractivity contribution >= 4 is 11.8 Å². The van der Waals surface area contributed by atoms with Gasteiger partial charge >= 0.3 is 5.97 Å². The second kappa shape index (κ2) is 5.86. The van der Waals surface area contributed by atoms with Gasteiger partial charge in [-0.25, -0.2) is 9.78 Å². The van der Waals surface area contributed by atoms with E-state index in [0.717, 1.165) is 25.2 Å². The van der Waals surface area contributed by atoms with E-state index in [2.05, 4.69) is 9.97 Å². The van der Waals surface area contributed by atoms with Crippen LogP contribution in [0.4, 0.5) is 5.82 Å². The van der Waals surface area contributed by atoms with Crippen molar-refractivity contribution < 1.29 is 14.3 Å². The third-order valence-corrected chi connectivity index (χ3v) is 3.11. The molecule has 2 heterocycles. The zero-order valence-electron chi connectivity index (χ0n) is 11.5. The number of carbonyl (C=O) groups is 1. The fourth-order valence-electron chi connectivity index (χ4n) is 2.32. The van der Waals surface area contributed by atoms with Crippen molar-refractivity contribution in [3.63, 3.8) is 0 Å². The van der Waals surface area contributed by atoms with E-state index in [1.54, 1.807) is 6.07 Å². The molecule has 0 bridgehead atoms. The lowest BCUT2D eigenvalue weighted by Gasteiger charge is -2.24. The summed E-state index contributed by atoms with van der Waals surface area (Å²) in [6.07, 6.45) is 1.74. The van der Waals surface area contributed by atoms with Crippen LogP contribution in [0.25, 0.3) is 0 Å². The van der Waals surface area contributed by atoms with Crippen LogP contribution in [0, 0.1) is 6.92 Å². The molecule has 1 saturated heterocycles. The Bertz CT molecular complexity index is 464. The summed E-state index contributed by atoms with van der Waals surface area (Å²) in [4.78, 5) is 22.3. The first-order chi connectivity index (χ1) is 9.15. The third-order valence-electron chi connectivity index (χ3n) is 3.11. The molecule has 1 atom stereocenters. The highest BCUT2D eigenvalue weighted by Crippen LogP contribution is 2.26. The lowest BCUT2D eigenvalue weighted by molar-refractivity contribution is -0.141. The molecule has 1 aromatic rings. The maximum Gasteiger partial charge on any atom is 0.328 e. The molecule has 6 heteroatoms. The number of aryl methyl sites for hydroxylation is 1. The van der Waals surface area contributed by atoms with Gasteiger partial charge in [0.2, 0.25) is 5.88 Å². The maximum atomic E-state index is 11.8. The topological polar surface area (TPSA) is 64.5 Å². The Morgan fingerprint density at radius 2 is 2.32 bits per heavy atom. The Morgan fingerprint density at radius 3 is 3.00 bits per heavy atom. The van der Waals surface area contributed by atoms with Gasteiger partial charge in [-0.2, -0.15) is 4.98 Å². The largest absolute Gasteiger partial charge is 0.478 e. The lowest BCUT2D eigenvalue weighted by atomic mass is 10.2. The smallest absolute Gasteiger partial charge is 0.328 e. The first-order valence-corrected chi connectivity index (χ1v) is 6.48. The molecule has 19 heavy (non-hydrogen) atoms. The summed E-state index contributed by atoms with van der Waals surface area (Å²) in [5.74, 6) is 1.69. The Kier molecular flexibility index (Phi) is 4.19. The number of ether oxygens (including phenoxy) is 2. The second-order valence-electron chi connectivity index (χ2n) is 4.42. The Labute approximate surface area is 112 Å². The van der Waals surface area contributed by atoms with Gasteiger partial charge in [0.15, 0.2) is 0 Å². The first-order valence-electron chi connectivity index (χ1n) is 6.48. The Morgan fingerprint density at radius 1 is 1.53 bits per heavy atom. The molecule has 1 fully saturated rings. The van der Waals surface area contributed by atoms with E-state index >= 15 is 0 Å². The molecule has 1 aromatic heterocycles. The third kappa shape index (κ3) is 2.94. The van der Waals surface area contributed by atoms with E-state index in [1.807, 2.05) is 18.7 Å². The number of hydrogen-bond acceptors (Lipinski definition) is 6. The van der Waals surface area contributed by atoms with Crippen LogP contribution in [0.1, 0.15) is 25.6 Å². The minimum atomic E-state index is -0.256.